The van der Waals surface area contributed by atoms with E-state index in [1.54, 1.807) is 0 Å². The van der Waals surface area contributed by atoms with E-state index in [0.717, 1.165) is 60.5 Å². The van der Waals surface area contributed by atoms with Gasteiger partial charge in [0.05, 0.1) is 17.2 Å². The summed E-state index contributed by atoms with van der Waals surface area (Å²) in [6.45, 7) is 8.16. The molecule has 0 aromatic carbocycles. The number of amides is 1. The molecule has 2 aromatic rings. The van der Waals surface area contributed by atoms with Gasteiger partial charge >= 0.3 is 0 Å². The van der Waals surface area contributed by atoms with E-state index < -0.39 is 0 Å². The van der Waals surface area contributed by atoms with Crippen LogP contribution in [-0.2, 0) is 13.6 Å². The molecule has 3 heterocycles. The number of aromatic nitrogens is 3. The van der Waals surface area contributed by atoms with Gasteiger partial charge < -0.3 is 9.47 Å². The van der Waals surface area contributed by atoms with Crippen molar-refractivity contribution in [3.8, 4) is 0 Å². The Morgan fingerprint density at radius 2 is 2.09 bits per heavy atom. The fraction of sp³-hybridized carbons (Fsp3) is 0.562. The molecule has 0 unspecified atom stereocenters. The maximum Gasteiger partial charge on any atom is 0.265 e. The van der Waals surface area contributed by atoms with Crippen LogP contribution in [0.25, 0.3) is 0 Å². The molecule has 1 fully saturated rings. The molecule has 23 heavy (non-hydrogen) atoms. The van der Waals surface area contributed by atoms with Crippen molar-refractivity contribution >= 4 is 17.2 Å². The third-order valence-corrected chi connectivity index (χ3v) is 5.32. The number of imidazole rings is 1. The second-order valence-electron chi connectivity index (χ2n) is 6.02. The number of hydrogen-bond acceptors (Lipinski definition) is 5. The second-order valence-corrected chi connectivity index (χ2v) is 7.23. The Morgan fingerprint density at radius 1 is 1.26 bits per heavy atom. The smallest absolute Gasteiger partial charge is 0.265 e. The highest BCUT2D eigenvalue weighted by Crippen LogP contribution is 2.20. The summed E-state index contributed by atoms with van der Waals surface area (Å²) in [6, 6.07) is 0. The summed E-state index contributed by atoms with van der Waals surface area (Å²) in [6.07, 6.45) is 4.79. The van der Waals surface area contributed by atoms with Crippen LogP contribution in [0.15, 0.2) is 12.4 Å². The van der Waals surface area contributed by atoms with Gasteiger partial charge in [0.25, 0.3) is 5.91 Å². The van der Waals surface area contributed by atoms with E-state index in [1.165, 1.54) is 11.3 Å². The van der Waals surface area contributed by atoms with E-state index in [0.29, 0.717) is 0 Å². The largest absolute Gasteiger partial charge is 0.337 e. The molecule has 1 aliphatic heterocycles. The van der Waals surface area contributed by atoms with E-state index in [-0.39, 0.29) is 5.91 Å². The fourth-order valence-corrected chi connectivity index (χ4v) is 3.84. The first-order valence-electron chi connectivity index (χ1n) is 7.96. The number of rotatable bonds is 3. The third-order valence-electron chi connectivity index (χ3n) is 4.26. The van der Waals surface area contributed by atoms with Crippen LogP contribution in [0.4, 0.5) is 0 Å². The van der Waals surface area contributed by atoms with Crippen LogP contribution in [0.3, 0.4) is 0 Å². The number of nitrogens with zero attached hydrogens (tertiary/aromatic N) is 5. The Labute approximate surface area is 140 Å². The van der Waals surface area contributed by atoms with Crippen LogP contribution >= 0.6 is 11.3 Å². The zero-order valence-corrected chi connectivity index (χ0v) is 14.8. The first kappa shape index (κ1) is 16.1. The highest BCUT2D eigenvalue weighted by molar-refractivity contribution is 7.13. The Balaban J connectivity index is 1.63. The molecule has 2 aromatic heterocycles. The molecule has 7 heteroatoms. The van der Waals surface area contributed by atoms with Gasteiger partial charge in [0.15, 0.2) is 0 Å². The Morgan fingerprint density at radius 3 is 2.74 bits per heavy atom. The van der Waals surface area contributed by atoms with Gasteiger partial charge in [-0.05, 0) is 20.3 Å². The van der Waals surface area contributed by atoms with Crippen molar-refractivity contribution < 1.29 is 4.79 Å². The topological polar surface area (TPSA) is 54.3 Å². The van der Waals surface area contributed by atoms with Gasteiger partial charge in [0, 0.05) is 45.6 Å². The molecule has 1 amide bonds. The van der Waals surface area contributed by atoms with Crippen LogP contribution < -0.4 is 0 Å². The molecule has 124 valence electrons. The summed E-state index contributed by atoms with van der Waals surface area (Å²) >= 11 is 1.50. The molecule has 1 aliphatic rings. The zero-order chi connectivity index (χ0) is 16.4. The third kappa shape index (κ3) is 3.61. The molecular formula is C16H23N5OS. The average molecular weight is 333 g/mol. The quantitative estimate of drug-likeness (QED) is 0.860. The number of carbonyl (C=O) groups is 1. The summed E-state index contributed by atoms with van der Waals surface area (Å²) in [7, 11) is 2.02. The van der Waals surface area contributed by atoms with Gasteiger partial charge in [-0.15, -0.1) is 11.3 Å². The standard InChI is InChI=1S/C16H23N5OS/c1-12-15(23-13(2)18-12)16(22)21-7-4-6-20(9-10-21)11-14-17-5-8-19(14)3/h5,8H,4,6-7,9-11H2,1-3H3. The lowest BCUT2D eigenvalue weighted by Crippen LogP contribution is -2.35. The maximum atomic E-state index is 12.7. The Kier molecular flexibility index (Phi) is 4.77. The predicted molar refractivity (Wildman–Crippen MR) is 90.6 cm³/mol. The Bertz CT molecular complexity index is 692. The molecule has 6 nitrogen and oxygen atoms in total. The van der Waals surface area contributed by atoms with Crippen molar-refractivity contribution in [2.45, 2.75) is 26.8 Å². The first-order valence-corrected chi connectivity index (χ1v) is 8.78. The number of carbonyl (C=O) groups excluding carboxylic acids is 1. The van der Waals surface area contributed by atoms with E-state index in [4.69, 9.17) is 0 Å². The molecule has 0 spiro atoms. The number of hydrogen-bond donors (Lipinski definition) is 0. The highest BCUT2D eigenvalue weighted by Gasteiger charge is 2.23. The van der Waals surface area contributed by atoms with Gasteiger partial charge in [-0.1, -0.05) is 0 Å². The number of thiazole rings is 1. The molecule has 0 aliphatic carbocycles. The van der Waals surface area contributed by atoms with Crippen LogP contribution in [0.1, 0.15) is 32.6 Å². The lowest BCUT2D eigenvalue weighted by atomic mass is 10.3. The molecule has 3 rings (SSSR count). The first-order chi connectivity index (χ1) is 11.0. The molecular weight excluding hydrogens is 310 g/mol. The second kappa shape index (κ2) is 6.80. The van der Waals surface area contributed by atoms with Gasteiger partial charge in [0.1, 0.15) is 10.7 Å². The van der Waals surface area contributed by atoms with E-state index in [1.807, 2.05) is 38.2 Å². The van der Waals surface area contributed by atoms with Crippen molar-refractivity contribution in [3.05, 3.63) is 33.8 Å². The lowest BCUT2D eigenvalue weighted by Gasteiger charge is -2.21. The SMILES string of the molecule is Cc1nc(C)c(C(=O)N2CCCN(Cc3nccn3C)CC2)s1. The van der Waals surface area contributed by atoms with Gasteiger partial charge in [-0.2, -0.15) is 0 Å². The molecule has 0 saturated carbocycles. The normalized spacial score (nSPS) is 16.6. The predicted octanol–water partition coefficient (Wildman–Crippen LogP) is 1.84. The fourth-order valence-electron chi connectivity index (χ4n) is 2.95. The number of aryl methyl sites for hydroxylation is 3. The van der Waals surface area contributed by atoms with Crippen molar-refractivity contribution in [2.75, 3.05) is 26.2 Å². The molecule has 0 N–H and O–H groups in total. The van der Waals surface area contributed by atoms with Crippen LogP contribution in [0.5, 0.6) is 0 Å². The van der Waals surface area contributed by atoms with Crippen molar-refractivity contribution in [1.29, 1.82) is 0 Å². The average Bonchev–Trinajstić information content (AvgIpc) is 2.96. The summed E-state index contributed by atoms with van der Waals surface area (Å²) in [5.41, 5.74) is 0.853. The summed E-state index contributed by atoms with van der Waals surface area (Å²) in [5.74, 6) is 1.20. The highest BCUT2D eigenvalue weighted by atomic mass is 32.1. The summed E-state index contributed by atoms with van der Waals surface area (Å²) in [5, 5.41) is 0.956. The zero-order valence-electron chi connectivity index (χ0n) is 13.9. The Hall–Kier alpha value is -1.73. The van der Waals surface area contributed by atoms with Crippen LogP contribution in [0.2, 0.25) is 0 Å². The van der Waals surface area contributed by atoms with E-state index in [2.05, 4.69) is 19.4 Å². The minimum Gasteiger partial charge on any atom is -0.337 e. The van der Waals surface area contributed by atoms with E-state index in [9.17, 15) is 4.79 Å². The minimum atomic E-state index is 0.131. The molecule has 0 atom stereocenters. The van der Waals surface area contributed by atoms with E-state index >= 15 is 0 Å². The monoisotopic (exact) mass is 333 g/mol. The summed E-state index contributed by atoms with van der Waals surface area (Å²) < 4.78 is 2.05. The molecule has 1 saturated heterocycles. The molecule has 0 bridgehead atoms. The van der Waals surface area contributed by atoms with Crippen LogP contribution in [-0.4, -0.2) is 56.4 Å². The van der Waals surface area contributed by atoms with Gasteiger partial charge in [0.2, 0.25) is 0 Å². The minimum absolute atomic E-state index is 0.131. The summed E-state index contributed by atoms with van der Waals surface area (Å²) in [4.78, 5) is 26.6. The maximum absolute atomic E-state index is 12.7. The van der Waals surface area contributed by atoms with Crippen molar-refractivity contribution in [3.63, 3.8) is 0 Å². The van der Waals surface area contributed by atoms with Crippen molar-refractivity contribution in [2.24, 2.45) is 7.05 Å². The van der Waals surface area contributed by atoms with Gasteiger partial charge in [-0.25, -0.2) is 9.97 Å². The lowest BCUT2D eigenvalue weighted by molar-refractivity contribution is 0.0765. The molecule has 0 radical (unpaired) electrons. The van der Waals surface area contributed by atoms with Crippen LogP contribution in [0, 0.1) is 13.8 Å². The van der Waals surface area contributed by atoms with Crippen molar-refractivity contribution in [1.82, 2.24) is 24.3 Å². The van der Waals surface area contributed by atoms with Gasteiger partial charge in [-0.3, -0.25) is 9.69 Å².